The van der Waals surface area contributed by atoms with Gasteiger partial charge in [-0.15, -0.1) is 11.8 Å². The Labute approximate surface area is 180 Å². The van der Waals surface area contributed by atoms with Crippen LogP contribution in [0.5, 0.6) is 0 Å². The number of amides is 1. The van der Waals surface area contributed by atoms with Crippen molar-refractivity contribution in [2.45, 2.75) is 117 Å². The zero-order valence-electron chi connectivity index (χ0n) is 20.7. The van der Waals surface area contributed by atoms with Gasteiger partial charge in [0, 0.05) is 6.42 Å². The van der Waals surface area contributed by atoms with Crippen LogP contribution in [0.2, 0.25) is 18.1 Å². The molecule has 1 heterocycles. The van der Waals surface area contributed by atoms with E-state index in [1.807, 2.05) is 41.5 Å². The maximum atomic E-state index is 13.1. The molecule has 0 aromatic carbocycles. The molecular weight excluding hydrogens is 382 g/mol. The Bertz CT molecular complexity index is 634. The van der Waals surface area contributed by atoms with Gasteiger partial charge < -0.3 is 13.9 Å². The number of nitrogens with zero attached hydrogens (tertiary/aromatic N) is 1. The summed E-state index contributed by atoms with van der Waals surface area (Å²) in [5, 5.41) is 0.0626. The molecule has 1 aliphatic rings. The van der Waals surface area contributed by atoms with Crippen molar-refractivity contribution in [1.82, 2.24) is 4.90 Å². The maximum absolute atomic E-state index is 13.1. The minimum absolute atomic E-state index is 0.0626. The van der Waals surface area contributed by atoms with E-state index in [9.17, 15) is 4.79 Å². The van der Waals surface area contributed by atoms with E-state index in [1.54, 1.807) is 4.90 Å². The Morgan fingerprint density at radius 3 is 2.24 bits per heavy atom. The molecule has 0 spiro atoms. The SMILES string of the molecule is CC#CC[C@@H](C)[C@H](O[Si](C)(C)C(C)(C)C)[C@H]1COC(C)(C)N1C(=O)OC(C)(C)C. The first-order valence-corrected chi connectivity index (χ1v) is 13.6. The highest BCUT2D eigenvalue weighted by molar-refractivity contribution is 6.74. The Kier molecular flexibility index (Phi) is 8.06. The van der Waals surface area contributed by atoms with E-state index < -0.39 is 19.6 Å². The minimum Gasteiger partial charge on any atom is -0.444 e. The highest BCUT2D eigenvalue weighted by Gasteiger charge is 2.52. The number of rotatable bonds is 5. The summed E-state index contributed by atoms with van der Waals surface area (Å²) in [4.78, 5) is 14.9. The Morgan fingerprint density at radius 1 is 1.24 bits per heavy atom. The van der Waals surface area contributed by atoms with E-state index in [4.69, 9.17) is 13.9 Å². The molecule has 3 atom stereocenters. The van der Waals surface area contributed by atoms with Gasteiger partial charge in [0.15, 0.2) is 8.32 Å². The second-order valence-corrected chi connectivity index (χ2v) is 15.9. The first-order chi connectivity index (χ1) is 12.9. The van der Waals surface area contributed by atoms with Crippen LogP contribution in [-0.4, -0.2) is 49.4 Å². The van der Waals surface area contributed by atoms with Crippen molar-refractivity contribution < 1.29 is 18.7 Å². The number of ether oxygens (including phenoxy) is 2. The molecule has 0 aliphatic carbocycles. The highest BCUT2D eigenvalue weighted by Crippen LogP contribution is 2.41. The predicted octanol–water partition coefficient (Wildman–Crippen LogP) is 5.80. The zero-order chi connectivity index (χ0) is 22.8. The third-order valence-electron chi connectivity index (χ3n) is 5.89. The molecule has 0 N–H and O–H groups in total. The van der Waals surface area contributed by atoms with Crippen molar-refractivity contribution in [1.29, 1.82) is 0 Å². The summed E-state index contributed by atoms with van der Waals surface area (Å²) in [6, 6.07) is -0.220. The van der Waals surface area contributed by atoms with E-state index in [-0.39, 0.29) is 29.2 Å². The summed E-state index contributed by atoms with van der Waals surface area (Å²) in [6.07, 6.45) is 0.183. The fraction of sp³-hybridized carbons (Fsp3) is 0.870. The van der Waals surface area contributed by atoms with Crippen molar-refractivity contribution in [2.24, 2.45) is 5.92 Å². The fourth-order valence-corrected chi connectivity index (χ4v) is 4.63. The summed E-state index contributed by atoms with van der Waals surface area (Å²) in [5.74, 6) is 6.33. The molecule has 0 aromatic heterocycles. The van der Waals surface area contributed by atoms with Crippen LogP contribution >= 0.6 is 0 Å². The van der Waals surface area contributed by atoms with Gasteiger partial charge in [-0.1, -0.05) is 27.7 Å². The zero-order valence-corrected chi connectivity index (χ0v) is 21.7. The number of hydrogen-bond acceptors (Lipinski definition) is 4. The van der Waals surface area contributed by atoms with Gasteiger partial charge in [0.25, 0.3) is 0 Å². The largest absolute Gasteiger partial charge is 0.444 e. The molecule has 0 aromatic rings. The van der Waals surface area contributed by atoms with Crippen molar-refractivity contribution in [2.75, 3.05) is 6.61 Å². The van der Waals surface area contributed by atoms with E-state index >= 15 is 0 Å². The lowest BCUT2D eigenvalue weighted by atomic mass is 9.94. The molecule has 1 rings (SSSR count). The number of hydrogen-bond donors (Lipinski definition) is 0. The van der Waals surface area contributed by atoms with Gasteiger partial charge >= 0.3 is 6.09 Å². The van der Waals surface area contributed by atoms with Crippen LogP contribution < -0.4 is 0 Å². The average molecular weight is 426 g/mol. The van der Waals surface area contributed by atoms with Gasteiger partial charge in [0.2, 0.25) is 0 Å². The third kappa shape index (κ3) is 6.73. The first-order valence-electron chi connectivity index (χ1n) is 10.7. The summed E-state index contributed by atoms with van der Waals surface area (Å²) in [5.41, 5.74) is -1.33. The fourth-order valence-electron chi connectivity index (χ4n) is 3.21. The highest BCUT2D eigenvalue weighted by atomic mass is 28.4. The summed E-state index contributed by atoms with van der Waals surface area (Å²) in [6.45, 7) is 25.1. The number of carbonyl (C=O) groups excluding carboxylic acids is 1. The van der Waals surface area contributed by atoms with Crippen molar-refractivity contribution in [3.63, 3.8) is 0 Å². The molecule has 1 amide bonds. The Morgan fingerprint density at radius 2 is 1.79 bits per heavy atom. The molecule has 1 fully saturated rings. The van der Waals surface area contributed by atoms with Crippen molar-refractivity contribution in [3.8, 4) is 11.8 Å². The summed E-state index contributed by atoms with van der Waals surface area (Å²) in [7, 11) is -2.08. The van der Waals surface area contributed by atoms with E-state index in [0.717, 1.165) is 6.42 Å². The van der Waals surface area contributed by atoms with Crippen LogP contribution in [0.4, 0.5) is 4.79 Å². The van der Waals surface area contributed by atoms with Crippen LogP contribution in [0.3, 0.4) is 0 Å². The second-order valence-electron chi connectivity index (χ2n) is 11.1. The molecular formula is C23H43NO4Si. The molecule has 1 saturated heterocycles. The lowest BCUT2D eigenvalue weighted by molar-refractivity contribution is -0.0692. The molecule has 5 nitrogen and oxygen atoms in total. The standard InChI is InChI=1S/C23H43NO4Si/c1-13-14-15-17(2)19(28-29(11,12)22(6,7)8)18-16-26-23(9,10)24(18)20(25)27-21(3,4)5/h17-19H,15-16H2,1-12H3/t17-,18-,19+/m1/s1. The molecule has 1 aliphatic heterocycles. The lowest BCUT2D eigenvalue weighted by Gasteiger charge is -2.45. The van der Waals surface area contributed by atoms with E-state index in [1.165, 1.54) is 0 Å². The predicted molar refractivity (Wildman–Crippen MR) is 121 cm³/mol. The Balaban J connectivity index is 3.32. The monoisotopic (exact) mass is 425 g/mol. The lowest BCUT2D eigenvalue weighted by Crippen LogP contribution is -2.58. The molecule has 0 radical (unpaired) electrons. The number of carbonyl (C=O) groups is 1. The van der Waals surface area contributed by atoms with Crippen molar-refractivity contribution >= 4 is 14.4 Å². The van der Waals surface area contributed by atoms with E-state index in [2.05, 4.69) is 52.6 Å². The summed E-state index contributed by atoms with van der Waals surface area (Å²) < 4.78 is 18.7. The third-order valence-corrected chi connectivity index (χ3v) is 10.4. The molecule has 0 saturated carbocycles. The molecule has 168 valence electrons. The topological polar surface area (TPSA) is 48.0 Å². The smallest absolute Gasteiger partial charge is 0.412 e. The van der Waals surface area contributed by atoms with Gasteiger partial charge in [-0.2, -0.15) is 0 Å². The first kappa shape index (κ1) is 26.0. The van der Waals surface area contributed by atoms with Crippen LogP contribution in [0.15, 0.2) is 0 Å². The Hall–Kier alpha value is -1.03. The molecule has 0 unspecified atom stereocenters. The summed E-state index contributed by atoms with van der Waals surface area (Å²) >= 11 is 0. The van der Waals surface area contributed by atoms with Crippen LogP contribution in [0.1, 0.15) is 75.7 Å². The molecule has 6 heteroatoms. The molecule has 0 bridgehead atoms. The quantitative estimate of drug-likeness (QED) is 0.413. The van der Waals surface area contributed by atoms with Crippen molar-refractivity contribution in [3.05, 3.63) is 0 Å². The van der Waals surface area contributed by atoms with Gasteiger partial charge in [-0.3, -0.25) is 4.90 Å². The van der Waals surface area contributed by atoms with Gasteiger partial charge in [0.1, 0.15) is 11.3 Å². The van der Waals surface area contributed by atoms with Gasteiger partial charge in [-0.05, 0) is 65.6 Å². The average Bonchev–Trinajstić information content (AvgIpc) is 2.82. The van der Waals surface area contributed by atoms with Crippen LogP contribution in [0.25, 0.3) is 0 Å². The second kappa shape index (κ2) is 8.99. The van der Waals surface area contributed by atoms with Crippen LogP contribution in [0, 0.1) is 17.8 Å². The van der Waals surface area contributed by atoms with Gasteiger partial charge in [0.05, 0.1) is 18.8 Å². The molecule has 29 heavy (non-hydrogen) atoms. The maximum Gasteiger partial charge on any atom is 0.412 e. The minimum atomic E-state index is -2.08. The van der Waals surface area contributed by atoms with Crippen LogP contribution in [-0.2, 0) is 13.9 Å². The normalized spacial score (nSPS) is 21.9. The van der Waals surface area contributed by atoms with E-state index in [0.29, 0.717) is 6.61 Å². The van der Waals surface area contributed by atoms with Gasteiger partial charge in [-0.25, -0.2) is 4.79 Å².